The van der Waals surface area contributed by atoms with Gasteiger partial charge in [0.05, 0.1) is 27.4 Å². The van der Waals surface area contributed by atoms with Crippen molar-refractivity contribution < 1.29 is 19.0 Å². The van der Waals surface area contributed by atoms with Crippen LogP contribution in [-0.2, 0) is 6.42 Å². The molecule has 1 atom stereocenters. The topological polar surface area (TPSA) is 60.9 Å². The van der Waals surface area contributed by atoms with E-state index in [2.05, 4.69) is 17.1 Å². The molecule has 0 saturated carbocycles. The van der Waals surface area contributed by atoms with Crippen molar-refractivity contribution in [1.82, 2.24) is 9.88 Å². The zero-order chi connectivity index (χ0) is 21.1. The van der Waals surface area contributed by atoms with Gasteiger partial charge in [0.25, 0.3) is 5.91 Å². The molecule has 154 valence electrons. The van der Waals surface area contributed by atoms with Gasteiger partial charge in [-0.05, 0) is 47.4 Å². The summed E-state index contributed by atoms with van der Waals surface area (Å²) in [5.74, 6) is 1.29. The first-order valence-corrected chi connectivity index (χ1v) is 9.76. The Bertz CT molecular complexity index is 1030. The van der Waals surface area contributed by atoms with Gasteiger partial charge in [0.1, 0.15) is 0 Å². The fourth-order valence-electron chi connectivity index (χ4n) is 4.06. The third kappa shape index (κ3) is 3.45. The first-order chi connectivity index (χ1) is 14.7. The van der Waals surface area contributed by atoms with Crippen molar-refractivity contribution in [2.75, 3.05) is 27.9 Å². The molecule has 1 aliphatic rings. The van der Waals surface area contributed by atoms with Gasteiger partial charge in [-0.25, -0.2) is 0 Å². The highest BCUT2D eigenvalue weighted by atomic mass is 16.5. The number of fused-ring (bicyclic) bond motifs is 1. The number of rotatable bonds is 5. The standard InChI is InChI=1S/C24H24N2O4/c1-28-20-14-18(15-21(29-2)23(20)30-3)24(27)26-13-10-16-6-4-5-7-19(16)22(26)17-8-11-25-12-9-17/h4-9,11-12,14-15,22H,10,13H2,1-3H3. The van der Waals surface area contributed by atoms with Crippen molar-refractivity contribution in [3.8, 4) is 17.2 Å². The van der Waals surface area contributed by atoms with Crippen LogP contribution in [0.4, 0.5) is 0 Å². The van der Waals surface area contributed by atoms with Crippen molar-refractivity contribution in [2.24, 2.45) is 0 Å². The molecular formula is C24H24N2O4. The summed E-state index contributed by atoms with van der Waals surface area (Å²) in [5.41, 5.74) is 3.91. The lowest BCUT2D eigenvalue weighted by Crippen LogP contribution is -2.40. The Labute approximate surface area is 176 Å². The summed E-state index contributed by atoms with van der Waals surface area (Å²) in [4.78, 5) is 19.7. The number of carbonyl (C=O) groups excluding carboxylic acids is 1. The number of hydrogen-bond donors (Lipinski definition) is 0. The fourth-order valence-corrected chi connectivity index (χ4v) is 4.06. The normalized spacial score (nSPS) is 15.3. The molecular weight excluding hydrogens is 380 g/mol. The smallest absolute Gasteiger partial charge is 0.254 e. The van der Waals surface area contributed by atoms with E-state index in [1.807, 2.05) is 29.2 Å². The largest absolute Gasteiger partial charge is 0.493 e. The van der Waals surface area contributed by atoms with Crippen LogP contribution in [0.2, 0.25) is 0 Å². The lowest BCUT2D eigenvalue weighted by molar-refractivity contribution is 0.0693. The molecule has 6 heteroatoms. The molecule has 1 unspecified atom stereocenters. The van der Waals surface area contributed by atoms with E-state index in [0.29, 0.717) is 29.4 Å². The molecule has 6 nitrogen and oxygen atoms in total. The average Bonchev–Trinajstić information content (AvgIpc) is 2.82. The summed E-state index contributed by atoms with van der Waals surface area (Å²) in [6, 6.07) is 15.4. The van der Waals surface area contributed by atoms with Gasteiger partial charge in [0.2, 0.25) is 5.75 Å². The Morgan fingerprint density at radius 2 is 1.63 bits per heavy atom. The fraction of sp³-hybridized carbons (Fsp3) is 0.250. The molecule has 1 aromatic heterocycles. The number of aromatic nitrogens is 1. The molecule has 2 heterocycles. The van der Waals surface area contributed by atoms with E-state index in [9.17, 15) is 4.79 Å². The van der Waals surface area contributed by atoms with Gasteiger partial charge in [-0.3, -0.25) is 9.78 Å². The maximum atomic E-state index is 13.7. The molecule has 2 aromatic carbocycles. The van der Waals surface area contributed by atoms with E-state index in [1.54, 1.807) is 45.9 Å². The molecule has 1 aliphatic heterocycles. The van der Waals surface area contributed by atoms with Crippen LogP contribution in [0.5, 0.6) is 17.2 Å². The summed E-state index contributed by atoms with van der Waals surface area (Å²) in [6.07, 6.45) is 4.32. The lowest BCUT2D eigenvalue weighted by Gasteiger charge is -2.38. The second kappa shape index (κ2) is 8.45. The second-order valence-electron chi connectivity index (χ2n) is 7.04. The highest BCUT2D eigenvalue weighted by Gasteiger charge is 2.33. The Hall–Kier alpha value is -3.54. The van der Waals surface area contributed by atoms with Crippen molar-refractivity contribution in [1.29, 1.82) is 0 Å². The van der Waals surface area contributed by atoms with Crippen molar-refractivity contribution in [3.63, 3.8) is 0 Å². The molecule has 30 heavy (non-hydrogen) atoms. The molecule has 0 radical (unpaired) electrons. The summed E-state index contributed by atoms with van der Waals surface area (Å²) < 4.78 is 16.3. The Morgan fingerprint density at radius 1 is 0.967 bits per heavy atom. The van der Waals surface area contributed by atoms with Crippen LogP contribution in [0.3, 0.4) is 0 Å². The summed E-state index contributed by atoms with van der Waals surface area (Å²) in [5, 5.41) is 0. The Morgan fingerprint density at radius 3 is 2.27 bits per heavy atom. The minimum absolute atomic E-state index is 0.0921. The van der Waals surface area contributed by atoms with Crippen LogP contribution in [0, 0.1) is 0 Å². The maximum absolute atomic E-state index is 13.7. The third-order valence-corrected chi connectivity index (χ3v) is 5.48. The molecule has 1 amide bonds. The van der Waals surface area contributed by atoms with Crippen LogP contribution in [0.25, 0.3) is 0 Å². The number of hydrogen-bond acceptors (Lipinski definition) is 5. The molecule has 3 aromatic rings. The molecule has 0 spiro atoms. The van der Waals surface area contributed by atoms with Crippen LogP contribution >= 0.6 is 0 Å². The summed E-state index contributed by atoms with van der Waals surface area (Å²) in [7, 11) is 4.63. The van der Waals surface area contributed by atoms with Gasteiger partial charge in [-0.1, -0.05) is 24.3 Å². The number of benzene rings is 2. The lowest BCUT2D eigenvalue weighted by atomic mass is 9.88. The minimum atomic E-state index is -0.190. The maximum Gasteiger partial charge on any atom is 0.254 e. The molecule has 0 fully saturated rings. The Kier molecular flexibility index (Phi) is 5.57. The average molecular weight is 404 g/mol. The zero-order valence-electron chi connectivity index (χ0n) is 17.3. The van der Waals surface area contributed by atoms with Crippen molar-refractivity contribution in [2.45, 2.75) is 12.5 Å². The SMILES string of the molecule is COc1cc(C(=O)N2CCc3ccccc3C2c2ccncc2)cc(OC)c1OC. The van der Waals surface area contributed by atoms with Gasteiger partial charge in [-0.2, -0.15) is 0 Å². The van der Waals surface area contributed by atoms with Crippen LogP contribution in [0.1, 0.15) is 33.1 Å². The number of amides is 1. The number of carbonyl (C=O) groups is 1. The van der Waals surface area contributed by atoms with E-state index in [4.69, 9.17) is 14.2 Å². The predicted octanol–water partition coefficient (Wildman–Crippen LogP) is 3.90. The third-order valence-electron chi connectivity index (χ3n) is 5.48. The monoisotopic (exact) mass is 404 g/mol. The number of nitrogens with zero attached hydrogens (tertiary/aromatic N) is 2. The van der Waals surface area contributed by atoms with Crippen LogP contribution in [0.15, 0.2) is 60.9 Å². The zero-order valence-corrected chi connectivity index (χ0v) is 17.3. The molecule has 4 rings (SSSR count). The van der Waals surface area contributed by atoms with Crippen molar-refractivity contribution in [3.05, 3.63) is 83.2 Å². The predicted molar refractivity (Wildman–Crippen MR) is 113 cm³/mol. The first kappa shape index (κ1) is 19.8. The number of pyridine rings is 1. The summed E-state index contributed by atoms with van der Waals surface area (Å²) in [6.45, 7) is 0.611. The van der Waals surface area contributed by atoms with Gasteiger partial charge in [0, 0.05) is 24.5 Å². The molecule has 0 bridgehead atoms. The second-order valence-corrected chi connectivity index (χ2v) is 7.04. The first-order valence-electron chi connectivity index (χ1n) is 9.76. The van der Waals surface area contributed by atoms with Crippen molar-refractivity contribution >= 4 is 5.91 Å². The van der Waals surface area contributed by atoms with E-state index in [-0.39, 0.29) is 11.9 Å². The van der Waals surface area contributed by atoms with Crippen LogP contribution < -0.4 is 14.2 Å². The molecule has 0 saturated heterocycles. The van der Waals surface area contributed by atoms with E-state index >= 15 is 0 Å². The van der Waals surface area contributed by atoms with E-state index < -0.39 is 0 Å². The molecule has 0 N–H and O–H groups in total. The number of methoxy groups -OCH3 is 3. The quantitative estimate of drug-likeness (QED) is 0.646. The van der Waals surface area contributed by atoms with Crippen LogP contribution in [-0.4, -0.2) is 43.7 Å². The van der Waals surface area contributed by atoms with Gasteiger partial charge >= 0.3 is 0 Å². The Balaban J connectivity index is 1.80. The van der Waals surface area contributed by atoms with Gasteiger partial charge < -0.3 is 19.1 Å². The number of ether oxygens (including phenoxy) is 3. The summed E-state index contributed by atoms with van der Waals surface area (Å²) >= 11 is 0. The van der Waals surface area contributed by atoms with E-state index in [0.717, 1.165) is 17.5 Å². The molecule has 0 aliphatic carbocycles. The highest BCUT2D eigenvalue weighted by molar-refractivity contribution is 5.96. The highest BCUT2D eigenvalue weighted by Crippen LogP contribution is 2.40. The van der Waals surface area contributed by atoms with Gasteiger partial charge in [0.15, 0.2) is 11.5 Å². The van der Waals surface area contributed by atoms with E-state index in [1.165, 1.54) is 5.56 Å². The minimum Gasteiger partial charge on any atom is -0.493 e. The van der Waals surface area contributed by atoms with Gasteiger partial charge in [-0.15, -0.1) is 0 Å².